The van der Waals surface area contributed by atoms with Crippen LogP contribution < -0.4 is 11.1 Å². The van der Waals surface area contributed by atoms with Crippen molar-refractivity contribution in [1.82, 2.24) is 0 Å². The number of amides is 1. The number of carbonyl (C=O) groups is 1. The van der Waals surface area contributed by atoms with Gasteiger partial charge in [-0.1, -0.05) is 16.8 Å². The average molecular weight is 368 g/mol. The van der Waals surface area contributed by atoms with Crippen molar-refractivity contribution in [3.8, 4) is 0 Å². The van der Waals surface area contributed by atoms with E-state index in [4.69, 9.17) is 22.5 Å². The summed E-state index contributed by atoms with van der Waals surface area (Å²) in [6, 6.07) is 5.10. The molecule has 1 atom stereocenters. The first-order chi connectivity index (χ1) is 7.95. The lowest BCUT2D eigenvalue weighted by molar-refractivity contribution is -0.117. The van der Waals surface area contributed by atoms with Crippen molar-refractivity contribution in [3.05, 3.63) is 26.8 Å². The molecule has 0 saturated carbocycles. The molecular weight excluding hydrogens is 356 g/mol. The van der Waals surface area contributed by atoms with Crippen molar-refractivity contribution in [2.45, 2.75) is 6.92 Å². The Hall–Kier alpha value is -1.02. The number of hydrogen-bond donors (Lipinski definition) is 3. The van der Waals surface area contributed by atoms with Gasteiger partial charge in [-0.2, -0.15) is 0 Å². The molecule has 92 valence electrons. The predicted octanol–water partition coefficient (Wildman–Crippen LogP) is 2.27. The molecule has 5 nitrogen and oxygen atoms in total. The van der Waals surface area contributed by atoms with Crippen LogP contribution in [0.4, 0.5) is 5.69 Å². The van der Waals surface area contributed by atoms with E-state index in [2.05, 4.69) is 33.1 Å². The summed E-state index contributed by atoms with van der Waals surface area (Å²) in [4.78, 5) is 11.7. The largest absolute Gasteiger partial charge is 0.409 e. The fourth-order valence-corrected chi connectivity index (χ4v) is 2.06. The van der Waals surface area contributed by atoms with Gasteiger partial charge in [-0.05, 0) is 47.7 Å². The maximum Gasteiger partial charge on any atom is 0.234 e. The van der Waals surface area contributed by atoms with Crippen LogP contribution >= 0.6 is 34.2 Å². The second-order valence-corrected chi connectivity index (χ2v) is 4.96. The number of nitrogens with zero attached hydrogens (tertiary/aromatic N) is 1. The molecule has 7 heteroatoms. The van der Waals surface area contributed by atoms with E-state index in [9.17, 15) is 4.79 Å². The maximum atomic E-state index is 11.7. The first kappa shape index (κ1) is 14.0. The quantitative estimate of drug-likeness (QED) is 0.252. The van der Waals surface area contributed by atoms with Crippen LogP contribution in [0.3, 0.4) is 0 Å². The van der Waals surface area contributed by atoms with Gasteiger partial charge in [0.25, 0.3) is 0 Å². The van der Waals surface area contributed by atoms with Crippen LogP contribution in [0, 0.1) is 9.49 Å². The van der Waals surface area contributed by atoms with Gasteiger partial charge in [0, 0.05) is 8.59 Å². The Balaban J connectivity index is 2.81. The molecule has 17 heavy (non-hydrogen) atoms. The second-order valence-electron chi connectivity index (χ2n) is 3.36. The van der Waals surface area contributed by atoms with E-state index in [1.54, 1.807) is 25.1 Å². The fourth-order valence-electron chi connectivity index (χ4n) is 1.05. The Labute approximate surface area is 117 Å². The monoisotopic (exact) mass is 367 g/mol. The average Bonchev–Trinajstić information content (AvgIpc) is 2.30. The summed E-state index contributed by atoms with van der Waals surface area (Å²) in [6.45, 7) is 1.55. The van der Waals surface area contributed by atoms with Crippen molar-refractivity contribution in [1.29, 1.82) is 0 Å². The summed E-state index contributed by atoms with van der Waals surface area (Å²) in [5, 5.41) is 14.5. The van der Waals surface area contributed by atoms with Gasteiger partial charge in [0.05, 0.1) is 11.6 Å². The number of halogens is 2. The highest BCUT2D eigenvalue weighted by Crippen LogP contribution is 2.22. The molecule has 0 spiro atoms. The molecule has 1 rings (SSSR count). The lowest BCUT2D eigenvalue weighted by Crippen LogP contribution is -2.32. The van der Waals surface area contributed by atoms with Crippen molar-refractivity contribution in [3.63, 3.8) is 0 Å². The molecule has 0 aliphatic rings. The molecule has 4 N–H and O–H groups in total. The number of nitrogens with one attached hydrogen (secondary N) is 1. The standard InChI is InChI=1S/C10H11ClIN3O2/c1-5(9(13)15-17)10(16)14-8-3-2-6(11)4-7(8)12/h2-5,17H,1H3,(H2,13,15)(H,14,16). The van der Waals surface area contributed by atoms with Gasteiger partial charge in [0.2, 0.25) is 5.91 Å². The Morgan fingerprint density at radius 3 is 2.82 bits per heavy atom. The molecule has 1 aromatic carbocycles. The van der Waals surface area contributed by atoms with E-state index in [0.29, 0.717) is 10.7 Å². The van der Waals surface area contributed by atoms with Gasteiger partial charge in [-0.3, -0.25) is 4.79 Å². The Morgan fingerprint density at radius 2 is 2.29 bits per heavy atom. The molecule has 1 aromatic rings. The van der Waals surface area contributed by atoms with Crippen LogP contribution in [0.15, 0.2) is 23.4 Å². The Morgan fingerprint density at radius 1 is 1.65 bits per heavy atom. The summed E-state index contributed by atoms with van der Waals surface area (Å²) >= 11 is 7.86. The third-order valence-corrected chi connectivity index (χ3v) is 3.27. The number of anilines is 1. The molecule has 1 amide bonds. The summed E-state index contributed by atoms with van der Waals surface area (Å²) in [5.41, 5.74) is 5.99. The molecule has 1 unspecified atom stereocenters. The molecule has 0 aromatic heterocycles. The minimum atomic E-state index is -0.702. The van der Waals surface area contributed by atoms with Crippen LogP contribution in [0.25, 0.3) is 0 Å². The molecule has 0 aliphatic carbocycles. The second kappa shape index (κ2) is 6.06. The molecule has 0 radical (unpaired) electrons. The highest BCUT2D eigenvalue weighted by atomic mass is 127. The number of rotatable bonds is 3. The van der Waals surface area contributed by atoms with Crippen molar-refractivity contribution >= 4 is 51.6 Å². The van der Waals surface area contributed by atoms with E-state index in [1.165, 1.54) is 0 Å². The van der Waals surface area contributed by atoms with Crippen LogP contribution in [0.2, 0.25) is 5.02 Å². The van der Waals surface area contributed by atoms with E-state index < -0.39 is 5.92 Å². The Kier molecular flexibility index (Phi) is 5.01. The minimum Gasteiger partial charge on any atom is -0.409 e. The lowest BCUT2D eigenvalue weighted by atomic mass is 10.1. The van der Waals surface area contributed by atoms with Crippen LogP contribution in [-0.4, -0.2) is 17.0 Å². The number of amidine groups is 1. The smallest absolute Gasteiger partial charge is 0.234 e. The third-order valence-electron chi connectivity index (χ3n) is 2.14. The van der Waals surface area contributed by atoms with Gasteiger partial charge in [0.1, 0.15) is 0 Å². The summed E-state index contributed by atoms with van der Waals surface area (Å²) in [6.07, 6.45) is 0. The zero-order valence-corrected chi connectivity index (χ0v) is 11.9. The maximum absolute atomic E-state index is 11.7. The number of benzene rings is 1. The van der Waals surface area contributed by atoms with E-state index in [0.717, 1.165) is 3.57 Å². The number of hydrogen-bond acceptors (Lipinski definition) is 3. The first-order valence-electron chi connectivity index (χ1n) is 4.69. The Bertz CT molecular complexity index is 465. The first-order valence-corrected chi connectivity index (χ1v) is 6.14. The van der Waals surface area contributed by atoms with Gasteiger partial charge < -0.3 is 16.3 Å². The molecule has 0 bridgehead atoms. The molecule has 0 fully saturated rings. The fraction of sp³-hybridized carbons (Fsp3) is 0.200. The van der Waals surface area contributed by atoms with Gasteiger partial charge in [0.15, 0.2) is 5.84 Å². The van der Waals surface area contributed by atoms with Crippen molar-refractivity contribution in [2.75, 3.05) is 5.32 Å². The molecular formula is C10H11ClIN3O2. The van der Waals surface area contributed by atoms with E-state index >= 15 is 0 Å². The number of nitrogens with two attached hydrogens (primary N) is 1. The zero-order valence-electron chi connectivity index (χ0n) is 8.95. The SMILES string of the molecule is CC(C(=O)Nc1ccc(Cl)cc1I)/C(N)=N/O. The third kappa shape index (κ3) is 3.74. The number of carbonyl (C=O) groups excluding carboxylic acids is 1. The van der Waals surface area contributed by atoms with Crippen LogP contribution in [0.5, 0.6) is 0 Å². The van der Waals surface area contributed by atoms with Gasteiger partial charge >= 0.3 is 0 Å². The molecule has 0 aliphatic heterocycles. The normalized spacial score (nSPS) is 13.2. The summed E-state index contributed by atoms with van der Waals surface area (Å²) in [7, 11) is 0. The van der Waals surface area contributed by atoms with Gasteiger partial charge in [-0.25, -0.2) is 0 Å². The highest BCUT2D eigenvalue weighted by Gasteiger charge is 2.18. The van der Waals surface area contributed by atoms with Crippen molar-refractivity contribution in [2.24, 2.45) is 16.8 Å². The predicted molar refractivity (Wildman–Crippen MR) is 75.4 cm³/mol. The minimum absolute atomic E-state index is 0.133. The zero-order chi connectivity index (χ0) is 13.0. The number of oxime groups is 1. The topological polar surface area (TPSA) is 87.7 Å². The van der Waals surface area contributed by atoms with E-state index in [1.807, 2.05) is 0 Å². The molecule has 0 heterocycles. The van der Waals surface area contributed by atoms with Gasteiger partial charge in [-0.15, -0.1) is 0 Å². The van der Waals surface area contributed by atoms with Crippen molar-refractivity contribution < 1.29 is 10.0 Å². The van der Waals surface area contributed by atoms with Crippen LogP contribution in [-0.2, 0) is 4.79 Å². The summed E-state index contributed by atoms with van der Waals surface area (Å²) < 4.78 is 0.815. The lowest BCUT2D eigenvalue weighted by Gasteiger charge is -2.12. The summed E-state index contributed by atoms with van der Waals surface area (Å²) in [5.74, 6) is -1.18. The molecule has 0 saturated heterocycles. The highest BCUT2D eigenvalue weighted by molar-refractivity contribution is 14.1. The van der Waals surface area contributed by atoms with Crippen LogP contribution in [0.1, 0.15) is 6.92 Å². The van der Waals surface area contributed by atoms with E-state index in [-0.39, 0.29) is 11.7 Å².